The predicted octanol–water partition coefficient (Wildman–Crippen LogP) is 5.20. The fourth-order valence-electron chi connectivity index (χ4n) is 3.85. The van der Waals surface area contributed by atoms with Crippen molar-refractivity contribution in [3.8, 4) is 0 Å². The first-order valence-electron chi connectivity index (χ1n) is 9.29. The number of thioether (sulfide) groups is 1. The van der Waals surface area contributed by atoms with Crippen LogP contribution in [0.4, 0.5) is 5.69 Å². The van der Waals surface area contributed by atoms with Crippen molar-refractivity contribution in [2.24, 2.45) is 0 Å². The number of hydrogen-bond acceptors (Lipinski definition) is 3. The van der Waals surface area contributed by atoms with Gasteiger partial charge in [0, 0.05) is 27.3 Å². The molecule has 4 rings (SSSR count). The van der Waals surface area contributed by atoms with Crippen LogP contribution >= 0.6 is 11.8 Å². The van der Waals surface area contributed by atoms with Crippen molar-refractivity contribution in [1.82, 2.24) is 0 Å². The van der Waals surface area contributed by atoms with Crippen LogP contribution in [0.15, 0.2) is 59.5 Å². The highest BCUT2D eigenvalue weighted by Crippen LogP contribution is 2.43. The molecule has 1 saturated carbocycles. The highest BCUT2D eigenvalue weighted by Gasteiger charge is 2.35. The fraction of sp³-hybridized carbons (Fsp3) is 0.273. The molecule has 0 unspecified atom stereocenters. The highest BCUT2D eigenvalue weighted by atomic mass is 32.2. The van der Waals surface area contributed by atoms with Gasteiger partial charge in [-0.05, 0) is 31.0 Å². The van der Waals surface area contributed by atoms with Crippen molar-refractivity contribution in [2.45, 2.75) is 42.2 Å². The molecule has 0 saturated heterocycles. The molecule has 0 aromatic heterocycles. The van der Waals surface area contributed by atoms with E-state index < -0.39 is 5.97 Å². The highest BCUT2D eigenvalue weighted by molar-refractivity contribution is 8.00. The van der Waals surface area contributed by atoms with Gasteiger partial charge in [0.05, 0.1) is 11.4 Å². The molecule has 0 bridgehead atoms. The van der Waals surface area contributed by atoms with Gasteiger partial charge in [0.25, 0.3) is 5.91 Å². The number of carbonyl (C=O) groups excluding carboxylic acids is 1. The molecule has 2 aromatic rings. The van der Waals surface area contributed by atoms with E-state index in [-0.39, 0.29) is 5.91 Å². The number of benzene rings is 2. The molecule has 138 valence electrons. The van der Waals surface area contributed by atoms with Crippen LogP contribution in [0, 0.1) is 0 Å². The monoisotopic (exact) mass is 379 g/mol. The van der Waals surface area contributed by atoms with Crippen LogP contribution in [-0.2, 0) is 4.79 Å². The minimum Gasteiger partial charge on any atom is -0.478 e. The third-order valence-corrected chi connectivity index (χ3v) is 6.49. The predicted molar refractivity (Wildman–Crippen MR) is 108 cm³/mol. The zero-order valence-corrected chi connectivity index (χ0v) is 15.7. The summed E-state index contributed by atoms with van der Waals surface area (Å²) >= 11 is 1.81. The third-order valence-electron chi connectivity index (χ3n) is 5.09. The van der Waals surface area contributed by atoms with E-state index in [1.807, 2.05) is 42.1 Å². The SMILES string of the molecule is O=C(O)C=C1c2ccccc2C(=O)N1c1ccccc1SC1CCCCC1. The number of rotatable bonds is 4. The van der Waals surface area contributed by atoms with Gasteiger partial charge in [-0.3, -0.25) is 9.69 Å². The molecule has 2 aliphatic rings. The van der Waals surface area contributed by atoms with E-state index in [1.165, 1.54) is 32.1 Å². The summed E-state index contributed by atoms with van der Waals surface area (Å²) in [6.45, 7) is 0. The Kier molecular flexibility index (Phi) is 5.03. The maximum Gasteiger partial charge on any atom is 0.330 e. The quantitative estimate of drug-likeness (QED) is 0.742. The van der Waals surface area contributed by atoms with E-state index in [1.54, 1.807) is 23.1 Å². The summed E-state index contributed by atoms with van der Waals surface area (Å²) in [7, 11) is 0. The molecule has 0 spiro atoms. The number of para-hydroxylation sites is 1. The zero-order valence-electron chi connectivity index (χ0n) is 14.9. The fourth-order valence-corrected chi connectivity index (χ4v) is 5.21. The van der Waals surface area contributed by atoms with Crippen molar-refractivity contribution in [1.29, 1.82) is 0 Å². The van der Waals surface area contributed by atoms with Gasteiger partial charge in [-0.2, -0.15) is 0 Å². The molecule has 1 aliphatic heterocycles. The number of nitrogens with zero attached hydrogens (tertiary/aromatic N) is 1. The maximum absolute atomic E-state index is 13.1. The lowest BCUT2D eigenvalue weighted by Gasteiger charge is -2.25. The number of aliphatic carboxylic acids is 1. The van der Waals surface area contributed by atoms with Crippen molar-refractivity contribution in [2.75, 3.05) is 4.90 Å². The third kappa shape index (κ3) is 3.52. The summed E-state index contributed by atoms with van der Waals surface area (Å²) in [5.41, 5.74) is 2.41. The number of fused-ring (bicyclic) bond motifs is 1. The van der Waals surface area contributed by atoms with Crippen molar-refractivity contribution < 1.29 is 14.7 Å². The Bertz CT molecular complexity index is 915. The van der Waals surface area contributed by atoms with Crippen LogP contribution in [-0.4, -0.2) is 22.2 Å². The van der Waals surface area contributed by atoms with Gasteiger partial charge in [0.2, 0.25) is 0 Å². The van der Waals surface area contributed by atoms with Crippen molar-refractivity contribution in [3.63, 3.8) is 0 Å². The molecule has 1 N–H and O–H groups in total. The van der Waals surface area contributed by atoms with Crippen LogP contribution in [0.2, 0.25) is 0 Å². The normalized spacial score (nSPS) is 18.7. The summed E-state index contributed by atoms with van der Waals surface area (Å²) in [6, 6.07) is 15.0. The van der Waals surface area contributed by atoms with Crippen LogP contribution in [0.3, 0.4) is 0 Å². The van der Waals surface area contributed by atoms with Gasteiger partial charge in [0.15, 0.2) is 0 Å². The number of carboxylic acid groups (broad SMARTS) is 1. The molecule has 4 nitrogen and oxygen atoms in total. The Balaban J connectivity index is 1.76. The standard InChI is InChI=1S/C22H21NO3S/c24-21(25)14-19-16-10-4-5-11-17(16)22(26)23(19)18-12-6-7-13-20(18)27-15-8-2-1-3-9-15/h4-7,10-15H,1-3,8-9H2,(H,24,25). The average molecular weight is 379 g/mol. The van der Waals surface area contributed by atoms with Gasteiger partial charge in [-0.1, -0.05) is 49.6 Å². The van der Waals surface area contributed by atoms with Gasteiger partial charge >= 0.3 is 5.97 Å². The second-order valence-electron chi connectivity index (χ2n) is 6.90. The maximum atomic E-state index is 13.1. The van der Waals surface area contributed by atoms with Gasteiger partial charge in [-0.25, -0.2) is 4.79 Å². The molecule has 27 heavy (non-hydrogen) atoms. The van der Waals surface area contributed by atoms with Gasteiger partial charge in [-0.15, -0.1) is 11.8 Å². The Labute approximate surface area is 162 Å². The number of anilines is 1. The minimum atomic E-state index is -1.06. The Morgan fingerprint density at radius 3 is 2.41 bits per heavy atom. The van der Waals surface area contributed by atoms with E-state index in [9.17, 15) is 14.7 Å². The van der Waals surface area contributed by atoms with E-state index in [4.69, 9.17) is 0 Å². The first kappa shape index (κ1) is 17.9. The van der Waals surface area contributed by atoms with Gasteiger partial charge < -0.3 is 5.11 Å². The lowest BCUT2D eigenvalue weighted by molar-refractivity contribution is -0.131. The van der Waals surface area contributed by atoms with Crippen molar-refractivity contribution in [3.05, 3.63) is 65.7 Å². The molecule has 1 aliphatic carbocycles. The van der Waals surface area contributed by atoms with E-state index >= 15 is 0 Å². The summed E-state index contributed by atoms with van der Waals surface area (Å²) in [6.07, 6.45) is 7.29. The molecule has 5 heteroatoms. The lowest BCUT2D eigenvalue weighted by Crippen LogP contribution is -2.23. The van der Waals surface area contributed by atoms with E-state index in [0.29, 0.717) is 22.1 Å². The van der Waals surface area contributed by atoms with Crippen LogP contribution in [0.1, 0.15) is 48.0 Å². The number of carbonyl (C=O) groups is 2. The lowest BCUT2D eigenvalue weighted by atomic mass is 10.0. The molecule has 1 heterocycles. The number of hydrogen-bond donors (Lipinski definition) is 1. The number of carboxylic acids is 1. The first-order valence-corrected chi connectivity index (χ1v) is 10.2. The summed E-state index contributed by atoms with van der Waals surface area (Å²) in [5.74, 6) is -1.23. The smallest absolute Gasteiger partial charge is 0.330 e. The Hall–Kier alpha value is -2.53. The molecule has 0 atom stereocenters. The zero-order chi connectivity index (χ0) is 18.8. The molecule has 0 radical (unpaired) electrons. The van der Waals surface area contributed by atoms with E-state index in [0.717, 1.165) is 16.7 Å². The molecular weight excluding hydrogens is 358 g/mol. The minimum absolute atomic E-state index is 0.171. The average Bonchev–Trinajstić information content (AvgIpc) is 2.95. The van der Waals surface area contributed by atoms with Crippen LogP contribution in [0.25, 0.3) is 5.70 Å². The summed E-state index contributed by atoms with van der Waals surface area (Å²) in [5, 5.41) is 9.91. The number of amides is 1. The summed E-state index contributed by atoms with van der Waals surface area (Å²) < 4.78 is 0. The molecule has 1 amide bonds. The molecule has 1 fully saturated rings. The first-order chi connectivity index (χ1) is 13.1. The van der Waals surface area contributed by atoms with Gasteiger partial charge in [0.1, 0.15) is 0 Å². The van der Waals surface area contributed by atoms with Crippen LogP contribution in [0.5, 0.6) is 0 Å². The second kappa shape index (κ2) is 7.61. The second-order valence-corrected chi connectivity index (χ2v) is 8.24. The topological polar surface area (TPSA) is 57.6 Å². The Morgan fingerprint density at radius 1 is 1.00 bits per heavy atom. The largest absolute Gasteiger partial charge is 0.478 e. The van der Waals surface area contributed by atoms with E-state index in [2.05, 4.69) is 0 Å². The molecule has 2 aromatic carbocycles. The summed E-state index contributed by atoms with van der Waals surface area (Å²) in [4.78, 5) is 27.1. The van der Waals surface area contributed by atoms with Crippen molar-refractivity contribution >= 4 is 35.0 Å². The van der Waals surface area contributed by atoms with Crippen LogP contribution < -0.4 is 4.90 Å². The molecular formula is C22H21NO3S. The Morgan fingerprint density at radius 2 is 1.67 bits per heavy atom.